The van der Waals surface area contributed by atoms with E-state index in [2.05, 4.69) is 41.9 Å². The fourth-order valence-corrected chi connectivity index (χ4v) is 3.19. The van der Waals surface area contributed by atoms with Crippen molar-refractivity contribution in [2.75, 3.05) is 46.0 Å². The van der Waals surface area contributed by atoms with Crippen LogP contribution in [0.2, 0.25) is 0 Å². The molecule has 0 spiro atoms. The Balaban J connectivity index is 1.58. The van der Waals surface area contributed by atoms with Crippen LogP contribution in [0.1, 0.15) is 17.5 Å². The highest BCUT2D eigenvalue weighted by molar-refractivity contribution is 5.80. The molecule has 0 atom stereocenters. The number of ether oxygens (including phenoxy) is 2. The first-order chi connectivity index (χ1) is 12.8. The minimum absolute atomic E-state index is 0.467. The Bertz CT molecular complexity index is 727. The zero-order chi connectivity index (χ0) is 18.2. The highest BCUT2D eigenvalue weighted by Gasteiger charge is 2.10. The van der Waals surface area contributed by atoms with E-state index in [-0.39, 0.29) is 0 Å². The molecule has 0 unspecified atom stereocenters. The van der Waals surface area contributed by atoms with Crippen molar-refractivity contribution in [2.45, 2.75) is 19.9 Å². The summed E-state index contributed by atoms with van der Waals surface area (Å²) in [6.45, 7) is 13.0. The number of benzene rings is 1. The van der Waals surface area contributed by atoms with Gasteiger partial charge in [0.2, 0.25) is 5.88 Å². The van der Waals surface area contributed by atoms with Crippen molar-refractivity contribution < 1.29 is 9.47 Å². The van der Waals surface area contributed by atoms with Crippen LogP contribution in [-0.4, -0.2) is 55.9 Å². The number of morpholine rings is 1. The van der Waals surface area contributed by atoms with Crippen molar-refractivity contribution in [2.24, 2.45) is 0 Å². The van der Waals surface area contributed by atoms with E-state index in [1.807, 2.05) is 6.07 Å². The summed E-state index contributed by atoms with van der Waals surface area (Å²) in [6.07, 6.45) is 2.88. The Labute approximate surface area is 156 Å². The predicted octanol–water partition coefficient (Wildman–Crippen LogP) is 2.92. The van der Waals surface area contributed by atoms with Gasteiger partial charge in [-0.3, -0.25) is 4.90 Å². The van der Waals surface area contributed by atoms with E-state index in [4.69, 9.17) is 14.5 Å². The van der Waals surface area contributed by atoms with Crippen molar-refractivity contribution in [3.63, 3.8) is 0 Å². The topological polar surface area (TPSA) is 46.6 Å². The predicted molar refractivity (Wildman–Crippen MR) is 106 cm³/mol. The lowest BCUT2D eigenvalue weighted by Crippen LogP contribution is -2.37. The Hall–Kier alpha value is -1.95. The molecule has 1 aliphatic rings. The summed E-state index contributed by atoms with van der Waals surface area (Å²) < 4.78 is 11.2. The Morgan fingerprint density at radius 2 is 2.15 bits per heavy atom. The number of hydrogen-bond acceptors (Lipinski definition) is 5. The zero-order valence-corrected chi connectivity index (χ0v) is 15.7. The smallest absolute Gasteiger partial charge is 0.218 e. The number of fused-ring (bicyclic) bond motifs is 1. The fourth-order valence-electron chi connectivity index (χ4n) is 3.19. The standard InChI is InChI=1S/C21H29N3O2/c1-3-11-26-21-19(15-18-14-17(2)5-6-20(18)23-21)16-22-7-4-8-24-9-12-25-13-10-24/h3,5-6,14-15,22H,1,4,7-13,16H2,2H3. The summed E-state index contributed by atoms with van der Waals surface area (Å²) in [7, 11) is 0. The lowest BCUT2D eigenvalue weighted by Gasteiger charge is -2.26. The molecular formula is C21H29N3O2. The molecular weight excluding hydrogens is 326 g/mol. The van der Waals surface area contributed by atoms with Crippen LogP contribution in [0.15, 0.2) is 36.9 Å². The first-order valence-corrected chi connectivity index (χ1v) is 9.41. The minimum atomic E-state index is 0.467. The number of aryl methyl sites for hydroxylation is 1. The largest absolute Gasteiger partial charge is 0.473 e. The summed E-state index contributed by atoms with van der Waals surface area (Å²) in [4.78, 5) is 7.16. The molecule has 5 nitrogen and oxygen atoms in total. The summed E-state index contributed by atoms with van der Waals surface area (Å²) >= 11 is 0. The van der Waals surface area contributed by atoms with Gasteiger partial charge in [-0.25, -0.2) is 4.98 Å². The number of rotatable bonds is 9. The number of nitrogens with one attached hydrogen (secondary N) is 1. The monoisotopic (exact) mass is 355 g/mol. The Morgan fingerprint density at radius 3 is 2.96 bits per heavy atom. The molecule has 0 bridgehead atoms. The van der Waals surface area contributed by atoms with Gasteiger partial charge in [-0.05, 0) is 44.6 Å². The third-order valence-corrected chi connectivity index (χ3v) is 4.59. The molecule has 3 rings (SSSR count). The SMILES string of the molecule is C=CCOc1nc2ccc(C)cc2cc1CNCCCN1CCOCC1. The third kappa shape index (κ3) is 5.27. The molecule has 26 heavy (non-hydrogen) atoms. The maximum Gasteiger partial charge on any atom is 0.218 e. The lowest BCUT2D eigenvalue weighted by molar-refractivity contribution is 0.0374. The van der Waals surface area contributed by atoms with Crippen LogP contribution >= 0.6 is 0 Å². The molecule has 5 heteroatoms. The average molecular weight is 355 g/mol. The average Bonchev–Trinajstić information content (AvgIpc) is 2.66. The first-order valence-electron chi connectivity index (χ1n) is 9.41. The molecule has 2 heterocycles. The normalized spacial score (nSPS) is 15.3. The third-order valence-electron chi connectivity index (χ3n) is 4.59. The van der Waals surface area contributed by atoms with E-state index in [9.17, 15) is 0 Å². The van der Waals surface area contributed by atoms with E-state index in [0.717, 1.165) is 68.8 Å². The first kappa shape index (κ1) is 18.8. The van der Waals surface area contributed by atoms with Gasteiger partial charge in [0.25, 0.3) is 0 Å². The van der Waals surface area contributed by atoms with Gasteiger partial charge in [-0.2, -0.15) is 0 Å². The van der Waals surface area contributed by atoms with Gasteiger partial charge in [0, 0.05) is 30.6 Å². The van der Waals surface area contributed by atoms with Crippen LogP contribution in [0.4, 0.5) is 0 Å². The molecule has 140 valence electrons. The second-order valence-electron chi connectivity index (χ2n) is 6.73. The number of pyridine rings is 1. The van der Waals surface area contributed by atoms with E-state index in [1.54, 1.807) is 6.08 Å². The highest BCUT2D eigenvalue weighted by Crippen LogP contribution is 2.23. The van der Waals surface area contributed by atoms with Crippen LogP contribution in [0, 0.1) is 6.92 Å². The van der Waals surface area contributed by atoms with Crippen molar-refractivity contribution >= 4 is 10.9 Å². The molecule has 0 saturated carbocycles. The number of hydrogen-bond donors (Lipinski definition) is 1. The van der Waals surface area contributed by atoms with E-state index >= 15 is 0 Å². The second-order valence-corrected chi connectivity index (χ2v) is 6.73. The number of nitrogens with zero attached hydrogens (tertiary/aromatic N) is 2. The highest BCUT2D eigenvalue weighted by atomic mass is 16.5. The lowest BCUT2D eigenvalue weighted by atomic mass is 10.1. The molecule has 0 aliphatic carbocycles. The van der Waals surface area contributed by atoms with Crippen molar-refractivity contribution in [3.05, 3.63) is 48.0 Å². The van der Waals surface area contributed by atoms with E-state index in [1.165, 1.54) is 5.56 Å². The van der Waals surface area contributed by atoms with Gasteiger partial charge >= 0.3 is 0 Å². The minimum Gasteiger partial charge on any atom is -0.473 e. The van der Waals surface area contributed by atoms with E-state index in [0.29, 0.717) is 12.5 Å². The van der Waals surface area contributed by atoms with Crippen LogP contribution in [0.5, 0.6) is 5.88 Å². The Kier molecular flexibility index (Phi) is 7.00. The van der Waals surface area contributed by atoms with Crippen LogP contribution in [0.25, 0.3) is 10.9 Å². The van der Waals surface area contributed by atoms with Gasteiger partial charge in [0.15, 0.2) is 0 Å². The number of aromatic nitrogens is 1. The summed E-state index contributed by atoms with van der Waals surface area (Å²) in [5.74, 6) is 0.696. The Morgan fingerprint density at radius 1 is 1.31 bits per heavy atom. The molecule has 1 N–H and O–H groups in total. The quantitative estimate of drug-likeness (QED) is 0.554. The molecule has 2 aromatic rings. The fraction of sp³-hybridized carbons (Fsp3) is 0.476. The molecule has 0 radical (unpaired) electrons. The van der Waals surface area contributed by atoms with Gasteiger partial charge in [-0.1, -0.05) is 24.3 Å². The van der Waals surface area contributed by atoms with Crippen molar-refractivity contribution in [3.8, 4) is 5.88 Å². The zero-order valence-electron chi connectivity index (χ0n) is 15.7. The molecule has 0 amide bonds. The van der Waals surface area contributed by atoms with Gasteiger partial charge < -0.3 is 14.8 Å². The van der Waals surface area contributed by atoms with Crippen molar-refractivity contribution in [1.82, 2.24) is 15.2 Å². The summed E-state index contributed by atoms with van der Waals surface area (Å²) in [5, 5.41) is 4.69. The molecule has 1 aliphatic heterocycles. The van der Waals surface area contributed by atoms with Gasteiger partial charge in [0.05, 0.1) is 18.7 Å². The van der Waals surface area contributed by atoms with E-state index < -0.39 is 0 Å². The molecule has 1 fully saturated rings. The van der Waals surface area contributed by atoms with Crippen molar-refractivity contribution in [1.29, 1.82) is 0 Å². The maximum atomic E-state index is 5.79. The van der Waals surface area contributed by atoms with Crippen LogP contribution in [-0.2, 0) is 11.3 Å². The molecule has 1 aromatic heterocycles. The van der Waals surface area contributed by atoms with Gasteiger partial charge in [-0.15, -0.1) is 0 Å². The van der Waals surface area contributed by atoms with Crippen LogP contribution < -0.4 is 10.1 Å². The summed E-state index contributed by atoms with van der Waals surface area (Å²) in [5.41, 5.74) is 3.30. The summed E-state index contributed by atoms with van der Waals surface area (Å²) in [6, 6.07) is 8.48. The molecule has 1 aromatic carbocycles. The molecule has 1 saturated heterocycles. The second kappa shape index (κ2) is 9.67. The van der Waals surface area contributed by atoms with Gasteiger partial charge in [0.1, 0.15) is 6.61 Å². The maximum absolute atomic E-state index is 5.79. The van der Waals surface area contributed by atoms with Crippen LogP contribution in [0.3, 0.4) is 0 Å².